The highest BCUT2D eigenvalue weighted by molar-refractivity contribution is 5.71. The average Bonchev–Trinajstić information content (AvgIpc) is 3.19. The van der Waals surface area contributed by atoms with Crippen LogP contribution >= 0.6 is 0 Å². The number of hydrogen-bond acceptors (Lipinski definition) is 5. The molecule has 0 aromatic carbocycles. The Balaban J connectivity index is 1.48. The summed E-state index contributed by atoms with van der Waals surface area (Å²) in [6.07, 6.45) is 6.78. The first-order valence-corrected chi connectivity index (χ1v) is 11.4. The van der Waals surface area contributed by atoms with Crippen LogP contribution in [0.2, 0.25) is 0 Å². The average molecular weight is 393 g/mol. The molecule has 4 aliphatic carbocycles. The van der Waals surface area contributed by atoms with Gasteiger partial charge in [-0.1, -0.05) is 13.8 Å². The summed E-state index contributed by atoms with van der Waals surface area (Å²) >= 11 is 0. The molecule has 0 amide bonds. The first-order valence-electron chi connectivity index (χ1n) is 11.4. The number of carbonyl (C=O) groups is 1. The molecule has 1 unspecified atom stereocenters. The lowest BCUT2D eigenvalue weighted by Gasteiger charge is -2.65. The Morgan fingerprint density at radius 2 is 1.75 bits per heavy atom. The molecule has 28 heavy (non-hydrogen) atoms. The highest BCUT2D eigenvalue weighted by atomic mass is 16.5. The molecule has 5 fully saturated rings. The fourth-order valence-electron chi connectivity index (χ4n) is 8.77. The van der Waals surface area contributed by atoms with Crippen molar-refractivity contribution in [3.63, 3.8) is 0 Å². The molecule has 0 aromatic rings. The van der Waals surface area contributed by atoms with Crippen LogP contribution in [0.4, 0.5) is 0 Å². The molecular formula is C23H36O5. The van der Waals surface area contributed by atoms with E-state index < -0.39 is 17.1 Å². The van der Waals surface area contributed by atoms with Crippen molar-refractivity contribution in [1.82, 2.24) is 0 Å². The van der Waals surface area contributed by atoms with Crippen LogP contribution in [-0.4, -0.2) is 45.7 Å². The van der Waals surface area contributed by atoms with E-state index in [9.17, 15) is 20.1 Å². The molecule has 0 spiro atoms. The minimum absolute atomic E-state index is 0.102. The Bertz CT molecular complexity index is 665. The van der Waals surface area contributed by atoms with Crippen molar-refractivity contribution in [2.45, 2.75) is 89.4 Å². The Hall–Kier alpha value is -0.650. The van der Waals surface area contributed by atoms with Gasteiger partial charge < -0.3 is 20.1 Å². The number of carbonyl (C=O) groups excluding carboxylic acids is 1. The molecule has 5 nitrogen and oxygen atoms in total. The van der Waals surface area contributed by atoms with E-state index in [1.54, 1.807) is 0 Å². The van der Waals surface area contributed by atoms with Crippen LogP contribution in [0.1, 0.15) is 71.6 Å². The number of aliphatic hydroxyl groups is 3. The van der Waals surface area contributed by atoms with E-state index >= 15 is 0 Å². The van der Waals surface area contributed by atoms with Gasteiger partial charge in [0.15, 0.2) is 0 Å². The van der Waals surface area contributed by atoms with Crippen molar-refractivity contribution in [2.24, 2.45) is 40.4 Å². The molecule has 5 heteroatoms. The molecule has 10 atom stereocenters. The Morgan fingerprint density at radius 3 is 2.46 bits per heavy atom. The lowest BCUT2D eigenvalue weighted by Crippen LogP contribution is -2.67. The minimum atomic E-state index is -0.865. The maximum atomic E-state index is 12.2. The van der Waals surface area contributed by atoms with Gasteiger partial charge in [0.05, 0.1) is 30.8 Å². The number of cyclic esters (lactones) is 1. The van der Waals surface area contributed by atoms with Crippen molar-refractivity contribution < 1.29 is 24.9 Å². The summed E-state index contributed by atoms with van der Waals surface area (Å²) in [6.45, 7) is 4.89. The maximum absolute atomic E-state index is 12.2. The summed E-state index contributed by atoms with van der Waals surface area (Å²) in [7, 11) is 0. The quantitative estimate of drug-likeness (QED) is 0.597. The molecule has 1 aliphatic heterocycles. The Kier molecular flexibility index (Phi) is 4.26. The SMILES string of the molecule is C[C@]12CC[C@H](O)C[C@H]1CC[C@@H]1[C@@H]2C[C@@H](O)[C@]2(C)[C@@H]([C@@H]3COC(=O)C3)CCC12O. The van der Waals surface area contributed by atoms with Crippen LogP contribution in [0.3, 0.4) is 0 Å². The number of ether oxygens (including phenoxy) is 1. The van der Waals surface area contributed by atoms with Crippen molar-refractivity contribution in [1.29, 1.82) is 0 Å². The minimum Gasteiger partial charge on any atom is -0.465 e. The van der Waals surface area contributed by atoms with Crippen molar-refractivity contribution in [2.75, 3.05) is 6.61 Å². The highest BCUT2D eigenvalue weighted by Crippen LogP contribution is 2.70. The van der Waals surface area contributed by atoms with E-state index in [4.69, 9.17) is 4.74 Å². The second-order valence-corrected chi connectivity index (χ2v) is 11.2. The lowest BCUT2D eigenvalue weighted by atomic mass is 9.42. The summed E-state index contributed by atoms with van der Waals surface area (Å²) in [6, 6.07) is 0. The first-order chi connectivity index (χ1) is 13.2. The Morgan fingerprint density at radius 1 is 0.964 bits per heavy atom. The smallest absolute Gasteiger partial charge is 0.306 e. The van der Waals surface area contributed by atoms with Crippen LogP contribution in [0.15, 0.2) is 0 Å². The van der Waals surface area contributed by atoms with Crippen LogP contribution in [0.25, 0.3) is 0 Å². The van der Waals surface area contributed by atoms with E-state index in [0.29, 0.717) is 24.9 Å². The van der Waals surface area contributed by atoms with Gasteiger partial charge in [0, 0.05) is 11.3 Å². The second kappa shape index (κ2) is 6.18. The van der Waals surface area contributed by atoms with Crippen molar-refractivity contribution in [3.05, 3.63) is 0 Å². The molecule has 0 bridgehead atoms. The summed E-state index contributed by atoms with van der Waals surface area (Å²) < 4.78 is 5.25. The van der Waals surface area contributed by atoms with Gasteiger partial charge in [0.2, 0.25) is 0 Å². The number of esters is 1. The monoisotopic (exact) mass is 392 g/mol. The molecule has 0 radical (unpaired) electrons. The third-order valence-electron chi connectivity index (χ3n) is 10.4. The van der Waals surface area contributed by atoms with Crippen LogP contribution in [0, 0.1) is 40.4 Å². The molecule has 1 heterocycles. The van der Waals surface area contributed by atoms with Crippen LogP contribution < -0.4 is 0 Å². The van der Waals surface area contributed by atoms with Crippen LogP contribution in [-0.2, 0) is 9.53 Å². The molecule has 1 saturated heterocycles. The molecule has 5 aliphatic rings. The predicted molar refractivity (Wildman–Crippen MR) is 103 cm³/mol. The molecule has 0 aromatic heterocycles. The van der Waals surface area contributed by atoms with Gasteiger partial charge in [0.25, 0.3) is 0 Å². The topological polar surface area (TPSA) is 87.0 Å². The third-order valence-corrected chi connectivity index (χ3v) is 10.4. The lowest BCUT2D eigenvalue weighted by molar-refractivity contribution is -0.250. The molecule has 158 valence electrons. The van der Waals surface area contributed by atoms with E-state index in [1.165, 1.54) is 0 Å². The molecular weight excluding hydrogens is 356 g/mol. The first kappa shape index (κ1) is 19.3. The van der Waals surface area contributed by atoms with E-state index in [-0.39, 0.29) is 35.2 Å². The Labute approximate surface area is 167 Å². The van der Waals surface area contributed by atoms with Gasteiger partial charge in [-0.25, -0.2) is 0 Å². The van der Waals surface area contributed by atoms with Crippen LogP contribution in [0.5, 0.6) is 0 Å². The van der Waals surface area contributed by atoms with Gasteiger partial charge in [-0.3, -0.25) is 4.79 Å². The van der Waals surface area contributed by atoms with Gasteiger partial charge >= 0.3 is 5.97 Å². The van der Waals surface area contributed by atoms with Crippen molar-refractivity contribution in [3.8, 4) is 0 Å². The third kappa shape index (κ3) is 2.33. The van der Waals surface area contributed by atoms with E-state index in [0.717, 1.165) is 51.4 Å². The van der Waals surface area contributed by atoms with E-state index in [1.807, 2.05) is 0 Å². The normalized spacial score (nSPS) is 58.6. The second-order valence-electron chi connectivity index (χ2n) is 11.2. The number of fused-ring (bicyclic) bond motifs is 5. The molecule has 5 rings (SSSR count). The van der Waals surface area contributed by atoms with Crippen molar-refractivity contribution >= 4 is 5.97 Å². The predicted octanol–water partition coefficient (Wildman–Crippen LogP) is 2.66. The summed E-state index contributed by atoms with van der Waals surface area (Å²) in [5.74, 6) is 1.14. The molecule has 4 saturated carbocycles. The van der Waals surface area contributed by atoms with Gasteiger partial charge in [0.1, 0.15) is 0 Å². The zero-order valence-electron chi connectivity index (χ0n) is 17.3. The summed E-state index contributed by atoms with van der Waals surface area (Å²) in [4.78, 5) is 11.7. The van der Waals surface area contributed by atoms with E-state index in [2.05, 4.69) is 13.8 Å². The fourth-order valence-corrected chi connectivity index (χ4v) is 8.77. The van der Waals surface area contributed by atoms with Gasteiger partial charge in [-0.05, 0) is 80.5 Å². The largest absolute Gasteiger partial charge is 0.465 e. The number of aliphatic hydroxyl groups excluding tert-OH is 2. The zero-order chi connectivity index (χ0) is 19.9. The standard InChI is InChI=1S/C23H36O5/c1-21-7-5-15(24)10-14(21)3-4-17-18(21)11-19(25)22(2)16(6-8-23(17,22)27)13-9-20(26)28-12-13/h13-19,24-25,27H,3-12H2,1-2H3/t13-,14+,15-,16+,17+,18-,19+,21-,22-,23?/m0/s1. The summed E-state index contributed by atoms with van der Waals surface area (Å²) in [5.41, 5.74) is -1.33. The van der Waals surface area contributed by atoms with Gasteiger partial charge in [-0.15, -0.1) is 0 Å². The number of rotatable bonds is 1. The zero-order valence-corrected chi connectivity index (χ0v) is 17.3. The highest BCUT2D eigenvalue weighted by Gasteiger charge is 2.71. The fraction of sp³-hybridized carbons (Fsp3) is 0.957. The maximum Gasteiger partial charge on any atom is 0.306 e. The van der Waals surface area contributed by atoms with Gasteiger partial charge in [-0.2, -0.15) is 0 Å². The summed E-state index contributed by atoms with van der Waals surface area (Å²) in [5, 5.41) is 33.8. The molecule has 3 N–H and O–H groups in total. The number of hydrogen-bond donors (Lipinski definition) is 3.